The number of nitrogens with one attached hydrogen (secondary N) is 2. The van der Waals surface area contributed by atoms with Gasteiger partial charge >= 0.3 is 6.09 Å². The van der Waals surface area contributed by atoms with Gasteiger partial charge < -0.3 is 15.2 Å². The molecule has 3 N–H and O–H groups in total. The Morgan fingerprint density at radius 1 is 1.16 bits per heavy atom. The van der Waals surface area contributed by atoms with Gasteiger partial charge in [-0.15, -0.1) is 0 Å². The maximum atomic E-state index is 12.6. The fraction of sp³-hybridized carbons (Fsp3) is 0.118. The molecule has 2 amide bonds. The standard InChI is InChI=1S/C17H16ClN3O4/c1-11(10-22)21(17(24)25)20-14-9-5-8-13(18)15(14)16(23)19-12-6-3-2-4-7-12/h2-11,20H,1H3,(H,19,23)(H,24,25). The van der Waals surface area contributed by atoms with Crippen LogP contribution < -0.4 is 10.7 Å². The molecule has 1 atom stereocenters. The van der Waals surface area contributed by atoms with E-state index in [9.17, 15) is 19.5 Å². The Kier molecular flexibility index (Phi) is 5.97. The zero-order valence-corrected chi connectivity index (χ0v) is 14.0. The fourth-order valence-electron chi connectivity index (χ4n) is 2.08. The molecular formula is C17H16ClN3O4. The van der Waals surface area contributed by atoms with Gasteiger partial charge in [-0.1, -0.05) is 35.9 Å². The van der Waals surface area contributed by atoms with Crippen molar-refractivity contribution in [3.8, 4) is 0 Å². The van der Waals surface area contributed by atoms with Gasteiger partial charge in [0, 0.05) is 5.69 Å². The number of benzene rings is 2. The smallest absolute Gasteiger partial charge is 0.426 e. The van der Waals surface area contributed by atoms with Crippen molar-refractivity contribution in [2.24, 2.45) is 0 Å². The van der Waals surface area contributed by atoms with Gasteiger partial charge in [-0.05, 0) is 31.2 Å². The minimum Gasteiger partial charge on any atom is -0.464 e. The molecule has 0 saturated heterocycles. The van der Waals surface area contributed by atoms with Gasteiger partial charge in [0.15, 0.2) is 0 Å². The zero-order chi connectivity index (χ0) is 18.4. The fourth-order valence-corrected chi connectivity index (χ4v) is 2.34. The van der Waals surface area contributed by atoms with Gasteiger partial charge in [-0.25, -0.2) is 9.80 Å². The van der Waals surface area contributed by atoms with E-state index in [1.807, 2.05) is 6.07 Å². The van der Waals surface area contributed by atoms with Crippen molar-refractivity contribution >= 4 is 41.3 Å². The maximum absolute atomic E-state index is 12.6. The highest BCUT2D eigenvalue weighted by Crippen LogP contribution is 2.26. The predicted molar refractivity (Wildman–Crippen MR) is 94.9 cm³/mol. The number of aldehydes is 1. The number of hydrogen-bond donors (Lipinski definition) is 3. The molecule has 0 radical (unpaired) electrons. The Hall–Kier alpha value is -3.06. The molecule has 2 aromatic carbocycles. The minimum absolute atomic E-state index is 0.0670. The van der Waals surface area contributed by atoms with Crippen molar-refractivity contribution in [2.45, 2.75) is 13.0 Å². The maximum Gasteiger partial charge on any atom is 0.426 e. The Labute approximate surface area is 149 Å². The lowest BCUT2D eigenvalue weighted by Crippen LogP contribution is -2.43. The van der Waals surface area contributed by atoms with Crippen LogP contribution in [0.4, 0.5) is 16.2 Å². The summed E-state index contributed by atoms with van der Waals surface area (Å²) in [4.78, 5) is 34.8. The molecule has 0 fully saturated rings. The second-order valence-corrected chi connectivity index (χ2v) is 5.53. The van der Waals surface area contributed by atoms with Crippen molar-refractivity contribution in [1.82, 2.24) is 5.01 Å². The number of hydrogen-bond acceptors (Lipinski definition) is 4. The number of nitrogens with zero attached hydrogens (tertiary/aromatic N) is 1. The van der Waals surface area contributed by atoms with E-state index in [0.29, 0.717) is 17.0 Å². The van der Waals surface area contributed by atoms with Crippen LogP contribution in [0, 0.1) is 0 Å². The summed E-state index contributed by atoms with van der Waals surface area (Å²) in [6.45, 7) is 1.41. The highest BCUT2D eigenvalue weighted by atomic mass is 35.5. The Morgan fingerprint density at radius 2 is 1.84 bits per heavy atom. The van der Waals surface area contributed by atoms with E-state index in [4.69, 9.17) is 11.6 Å². The number of rotatable bonds is 6. The number of amides is 2. The molecule has 0 aromatic heterocycles. The average molecular weight is 362 g/mol. The summed E-state index contributed by atoms with van der Waals surface area (Å²) in [6.07, 6.45) is -0.899. The summed E-state index contributed by atoms with van der Waals surface area (Å²) < 4.78 is 0. The van der Waals surface area contributed by atoms with E-state index in [2.05, 4.69) is 10.7 Å². The summed E-state index contributed by atoms with van der Waals surface area (Å²) in [5.74, 6) is -0.511. The number of carboxylic acid groups (broad SMARTS) is 1. The Morgan fingerprint density at radius 3 is 2.44 bits per heavy atom. The number of hydrazine groups is 1. The molecule has 25 heavy (non-hydrogen) atoms. The van der Waals surface area contributed by atoms with Gasteiger partial charge in [-0.3, -0.25) is 10.2 Å². The third kappa shape index (κ3) is 4.48. The van der Waals surface area contributed by atoms with Crippen LogP contribution in [-0.4, -0.2) is 34.4 Å². The molecule has 1 unspecified atom stereocenters. The quantitative estimate of drug-likeness (QED) is 0.540. The SMILES string of the molecule is CC(C=O)N(Nc1cccc(Cl)c1C(=O)Nc1ccccc1)C(=O)O. The van der Waals surface area contributed by atoms with Crippen LogP contribution in [0.25, 0.3) is 0 Å². The van der Waals surface area contributed by atoms with Gasteiger partial charge in [0.1, 0.15) is 12.3 Å². The summed E-state index contributed by atoms with van der Waals surface area (Å²) in [7, 11) is 0. The first-order chi connectivity index (χ1) is 11.9. The number of para-hydroxylation sites is 1. The van der Waals surface area contributed by atoms with Crippen LogP contribution in [0.5, 0.6) is 0 Å². The molecule has 0 spiro atoms. The van der Waals surface area contributed by atoms with Crippen LogP contribution >= 0.6 is 11.6 Å². The first kappa shape index (κ1) is 18.3. The van der Waals surface area contributed by atoms with Crippen LogP contribution in [0.3, 0.4) is 0 Å². The largest absolute Gasteiger partial charge is 0.464 e. The van der Waals surface area contributed by atoms with Crippen molar-refractivity contribution in [2.75, 3.05) is 10.7 Å². The van der Waals surface area contributed by atoms with E-state index in [-0.39, 0.29) is 16.3 Å². The monoisotopic (exact) mass is 361 g/mol. The second-order valence-electron chi connectivity index (χ2n) is 5.12. The molecule has 0 saturated carbocycles. The van der Waals surface area contributed by atoms with Crippen LogP contribution in [0.15, 0.2) is 48.5 Å². The van der Waals surface area contributed by atoms with Crippen molar-refractivity contribution in [3.05, 3.63) is 59.1 Å². The van der Waals surface area contributed by atoms with Gasteiger partial charge in [0.05, 0.1) is 16.3 Å². The molecule has 0 aliphatic rings. The lowest BCUT2D eigenvalue weighted by molar-refractivity contribution is -0.111. The topological polar surface area (TPSA) is 98.7 Å². The molecule has 8 heteroatoms. The molecule has 0 aliphatic carbocycles. The van der Waals surface area contributed by atoms with Crippen LogP contribution in [-0.2, 0) is 4.79 Å². The van der Waals surface area contributed by atoms with E-state index >= 15 is 0 Å². The van der Waals surface area contributed by atoms with Gasteiger partial charge in [0.2, 0.25) is 0 Å². The summed E-state index contributed by atoms with van der Waals surface area (Å²) in [6, 6.07) is 12.4. The Bertz CT molecular complexity index is 783. The molecule has 130 valence electrons. The van der Waals surface area contributed by atoms with Crippen molar-refractivity contribution in [1.29, 1.82) is 0 Å². The number of halogens is 1. The first-order valence-corrected chi connectivity index (χ1v) is 7.71. The van der Waals surface area contributed by atoms with Crippen molar-refractivity contribution < 1.29 is 19.5 Å². The van der Waals surface area contributed by atoms with E-state index < -0.39 is 18.0 Å². The third-order valence-corrected chi connectivity index (χ3v) is 3.64. The number of anilines is 2. The van der Waals surface area contributed by atoms with E-state index in [0.717, 1.165) is 0 Å². The highest BCUT2D eigenvalue weighted by molar-refractivity contribution is 6.35. The molecule has 0 heterocycles. The van der Waals surface area contributed by atoms with Crippen LogP contribution in [0.1, 0.15) is 17.3 Å². The summed E-state index contributed by atoms with van der Waals surface area (Å²) >= 11 is 6.13. The van der Waals surface area contributed by atoms with Gasteiger partial charge in [0.25, 0.3) is 5.91 Å². The zero-order valence-electron chi connectivity index (χ0n) is 13.3. The minimum atomic E-state index is -1.37. The molecule has 2 rings (SSSR count). The number of carbonyl (C=O) groups is 3. The molecule has 0 bridgehead atoms. The third-order valence-electron chi connectivity index (χ3n) is 3.32. The predicted octanol–water partition coefficient (Wildman–Crippen LogP) is 3.49. The molecule has 2 aromatic rings. The summed E-state index contributed by atoms with van der Waals surface area (Å²) in [5.41, 5.74) is 3.36. The lowest BCUT2D eigenvalue weighted by Gasteiger charge is -2.25. The van der Waals surface area contributed by atoms with E-state index in [1.54, 1.807) is 30.3 Å². The highest BCUT2D eigenvalue weighted by Gasteiger charge is 2.23. The molecular weight excluding hydrogens is 346 g/mol. The normalized spacial score (nSPS) is 11.3. The van der Waals surface area contributed by atoms with Gasteiger partial charge in [-0.2, -0.15) is 0 Å². The number of carbonyl (C=O) groups excluding carboxylic acids is 2. The van der Waals surface area contributed by atoms with Crippen molar-refractivity contribution in [3.63, 3.8) is 0 Å². The van der Waals surface area contributed by atoms with E-state index in [1.165, 1.54) is 19.1 Å². The Balaban J connectivity index is 2.34. The molecule has 0 aliphatic heterocycles. The lowest BCUT2D eigenvalue weighted by atomic mass is 10.1. The summed E-state index contributed by atoms with van der Waals surface area (Å²) in [5, 5.41) is 12.8. The first-order valence-electron chi connectivity index (χ1n) is 7.33. The average Bonchev–Trinajstić information content (AvgIpc) is 2.59. The second kappa shape index (κ2) is 8.16. The van der Waals surface area contributed by atoms with Crippen LogP contribution in [0.2, 0.25) is 5.02 Å². The molecule has 7 nitrogen and oxygen atoms in total.